The minimum Gasteiger partial charge on any atom is -0.393 e. The molecule has 3 nitrogen and oxygen atoms in total. The molecule has 0 spiro atoms. The Kier molecular flexibility index (Phi) is 4.72. The van der Waals surface area contributed by atoms with E-state index in [2.05, 4.69) is 32.4 Å². The lowest BCUT2D eigenvalue weighted by Crippen LogP contribution is -2.29. The fraction of sp³-hybridized carbons (Fsp3) is 0.857. The maximum Gasteiger partial charge on any atom is 0.317 e. The summed E-state index contributed by atoms with van der Waals surface area (Å²) in [4.78, 5) is 22.7. The summed E-state index contributed by atoms with van der Waals surface area (Å²) in [6.45, 7) is 8.55. The highest BCUT2D eigenvalue weighted by molar-refractivity contribution is 5.95. The zero-order chi connectivity index (χ0) is 13.1. The number of carbonyl (C=O) groups is 2. The summed E-state index contributed by atoms with van der Waals surface area (Å²) in [6.07, 6.45) is 4.85. The standard InChI is InChI=1S/C14H24O3/c1-5-6-7-10(2)9-14(3,4)11-8-12(15)17-13(11)16/h10-11H,5-9H2,1-4H3. The van der Waals surface area contributed by atoms with Crippen LogP contribution in [0.25, 0.3) is 0 Å². The van der Waals surface area contributed by atoms with Crippen molar-refractivity contribution in [2.75, 3.05) is 0 Å². The van der Waals surface area contributed by atoms with Crippen molar-refractivity contribution in [3.63, 3.8) is 0 Å². The van der Waals surface area contributed by atoms with Crippen LogP contribution in [0.4, 0.5) is 0 Å². The van der Waals surface area contributed by atoms with Crippen LogP contribution < -0.4 is 0 Å². The molecular weight excluding hydrogens is 216 g/mol. The van der Waals surface area contributed by atoms with Gasteiger partial charge in [-0.3, -0.25) is 9.59 Å². The van der Waals surface area contributed by atoms with E-state index in [0.717, 1.165) is 6.42 Å². The Morgan fingerprint density at radius 1 is 1.41 bits per heavy atom. The van der Waals surface area contributed by atoms with Gasteiger partial charge < -0.3 is 4.74 Å². The minimum atomic E-state index is -0.366. The van der Waals surface area contributed by atoms with Crippen molar-refractivity contribution >= 4 is 11.9 Å². The van der Waals surface area contributed by atoms with Gasteiger partial charge in [-0.15, -0.1) is 0 Å². The van der Waals surface area contributed by atoms with Crippen LogP contribution in [-0.2, 0) is 14.3 Å². The van der Waals surface area contributed by atoms with Gasteiger partial charge in [0, 0.05) is 0 Å². The Balaban J connectivity index is 2.55. The summed E-state index contributed by atoms with van der Waals surface area (Å²) < 4.78 is 4.65. The predicted octanol–water partition coefficient (Wildman–Crippen LogP) is 3.32. The fourth-order valence-corrected chi connectivity index (χ4v) is 2.77. The van der Waals surface area contributed by atoms with Gasteiger partial charge in [0.2, 0.25) is 0 Å². The Morgan fingerprint density at radius 2 is 2.06 bits per heavy atom. The lowest BCUT2D eigenvalue weighted by molar-refractivity contribution is -0.154. The maximum atomic E-state index is 11.6. The van der Waals surface area contributed by atoms with Crippen LogP contribution in [0.5, 0.6) is 0 Å². The van der Waals surface area contributed by atoms with Gasteiger partial charge in [0.15, 0.2) is 0 Å². The van der Waals surface area contributed by atoms with E-state index < -0.39 is 0 Å². The summed E-state index contributed by atoms with van der Waals surface area (Å²) in [5.74, 6) is -0.357. The number of rotatable bonds is 6. The molecule has 0 N–H and O–H groups in total. The van der Waals surface area contributed by atoms with E-state index in [1.165, 1.54) is 19.3 Å². The second-order valence-corrected chi connectivity index (χ2v) is 5.99. The molecule has 0 saturated carbocycles. The van der Waals surface area contributed by atoms with Gasteiger partial charge in [-0.1, -0.05) is 47.0 Å². The minimum absolute atomic E-state index is 0.142. The molecule has 0 radical (unpaired) electrons. The van der Waals surface area contributed by atoms with Gasteiger partial charge in [-0.25, -0.2) is 0 Å². The zero-order valence-electron chi connectivity index (χ0n) is 11.4. The first-order valence-corrected chi connectivity index (χ1v) is 6.61. The molecular formula is C14H24O3. The van der Waals surface area contributed by atoms with Crippen molar-refractivity contribution in [3.05, 3.63) is 0 Å². The number of unbranched alkanes of at least 4 members (excludes halogenated alkanes) is 1. The lowest BCUT2D eigenvalue weighted by atomic mass is 9.71. The fourth-order valence-electron chi connectivity index (χ4n) is 2.77. The number of hydrogen-bond acceptors (Lipinski definition) is 3. The third-order valence-electron chi connectivity index (χ3n) is 3.74. The van der Waals surface area contributed by atoms with E-state index in [1.54, 1.807) is 0 Å². The normalized spacial score (nSPS) is 22.7. The highest BCUT2D eigenvalue weighted by Crippen LogP contribution is 2.40. The summed E-state index contributed by atoms with van der Waals surface area (Å²) in [5, 5.41) is 0. The molecule has 0 aromatic rings. The molecule has 1 heterocycles. The van der Waals surface area contributed by atoms with Crippen molar-refractivity contribution in [1.82, 2.24) is 0 Å². The summed E-state index contributed by atoms with van der Waals surface area (Å²) >= 11 is 0. The van der Waals surface area contributed by atoms with Crippen molar-refractivity contribution in [1.29, 1.82) is 0 Å². The van der Waals surface area contributed by atoms with Gasteiger partial charge in [0.05, 0.1) is 12.3 Å². The van der Waals surface area contributed by atoms with Gasteiger partial charge in [0.25, 0.3) is 0 Å². The number of esters is 2. The molecule has 0 bridgehead atoms. The molecule has 98 valence electrons. The highest BCUT2D eigenvalue weighted by atomic mass is 16.6. The number of ether oxygens (including phenoxy) is 1. The Hall–Kier alpha value is -0.860. The molecule has 2 atom stereocenters. The Morgan fingerprint density at radius 3 is 2.53 bits per heavy atom. The van der Waals surface area contributed by atoms with Gasteiger partial charge >= 0.3 is 11.9 Å². The molecule has 1 aliphatic heterocycles. The molecule has 0 amide bonds. The van der Waals surface area contributed by atoms with Gasteiger partial charge in [0.1, 0.15) is 0 Å². The third kappa shape index (κ3) is 3.83. The molecule has 0 aliphatic carbocycles. The predicted molar refractivity (Wildman–Crippen MR) is 66.3 cm³/mol. The number of hydrogen-bond donors (Lipinski definition) is 0. The molecule has 2 unspecified atom stereocenters. The molecule has 1 fully saturated rings. The van der Waals surface area contributed by atoms with E-state index in [9.17, 15) is 9.59 Å². The first-order chi connectivity index (χ1) is 7.86. The first-order valence-electron chi connectivity index (χ1n) is 6.61. The molecule has 0 aromatic heterocycles. The van der Waals surface area contributed by atoms with Crippen LogP contribution >= 0.6 is 0 Å². The van der Waals surface area contributed by atoms with Crippen LogP contribution in [0.3, 0.4) is 0 Å². The van der Waals surface area contributed by atoms with E-state index in [0.29, 0.717) is 5.92 Å². The van der Waals surface area contributed by atoms with E-state index in [-0.39, 0.29) is 29.7 Å². The number of cyclic esters (lactones) is 2. The first kappa shape index (κ1) is 14.2. The molecule has 3 heteroatoms. The molecule has 1 aliphatic rings. The van der Waals surface area contributed by atoms with Gasteiger partial charge in [-0.2, -0.15) is 0 Å². The Labute approximate surface area is 104 Å². The monoisotopic (exact) mass is 240 g/mol. The maximum absolute atomic E-state index is 11.6. The SMILES string of the molecule is CCCCC(C)CC(C)(C)C1CC(=O)OC1=O. The van der Waals surface area contributed by atoms with Crippen LogP contribution in [-0.4, -0.2) is 11.9 Å². The summed E-state index contributed by atoms with van der Waals surface area (Å²) in [5.41, 5.74) is -0.142. The summed E-state index contributed by atoms with van der Waals surface area (Å²) in [7, 11) is 0. The largest absolute Gasteiger partial charge is 0.393 e. The second kappa shape index (κ2) is 5.65. The van der Waals surface area contributed by atoms with Crippen LogP contribution in [0, 0.1) is 17.3 Å². The molecule has 0 aromatic carbocycles. The van der Waals surface area contributed by atoms with Crippen LogP contribution in [0.2, 0.25) is 0 Å². The van der Waals surface area contributed by atoms with E-state index in [4.69, 9.17) is 0 Å². The van der Waals surface area contributed by atoms with Crippen molar-refractivity contribution in [2.45, 2.75) is 59.8 Å². The van der Waals surface area contributed by atoms with Crippen LogP contribution in [0.15, 0.2) is 0 Å². The second-order valence-electron chi connectivity index (χ2n) is 5.99. The highest BCUT2D eigenvalue weighted by Gasteiger charge is 2.44. The lowest BCUT2D eigenvalue weighted by Gasteiger charge is -2.31. The Bertz CT molecular complexity index is 294. The average Bonchev–Trinajstić information content (AvgIpc) is 2.55. The van der Waals surface area contributed by atoms with E-state index >= 15 is 0 Å². The van der Waals surface area contributed by atoms with Crippen molar-refractivity contribution in [2.24, 2.45) is 17.3 Å². The van der Waals surface area contributed by atoms with Crippen LogP contribution in [0.1, 0.15) is 59.8 Å². The summed E-state index contributed by atoms with van der Waals surface area (Å²) in [6, 6.07) is 0. The molecule has 1 saturated heterocycles. The average molecular weight is 240 g/mol. The van der Waals surface area contributed by atoms with E-state index in [1.807, 2.05) is 0 Å². The van der Waals surface area contributed by atoms with Crippen molar-refractivity contribution in [3.8, 4) is 0 Å². The number of carbonyl (C=O) groups excluding carboxylic acids is 2. The third-order valence-corrected chi connectivity index (χ3v) is 3.74. The molecule has 1 rings (SSSR count). The topological polar surface area (TPSA) is 43.4 Å². The smallest absolute Gasteiger partial charge is 0.317 e. The molecule has 17 heavy (non-hydrogen) atoms. The van der Waals surface area contributed by atoms with Gasteiger partial charge in [-0.05, 0) is 17.8 Å². The zero-order valence-corrected chi connectivity index (χ0v) is 11.4. The van der Waals surface area contributed by atoms with Crippen molar-refractivity contribution < 1.29 is 14.3 Å². The quantitative estimate of drug-likeness (QED) is 0.528.